The predicted octanol–water partition coefficient (Wildman–Crippen LogP) is 8.37. The molecule has 2 unspecified atom stereocenters. The molecule has 1 amide bonds. The number of hydrogen-bond donors (Lipinski definition) is 2. The zero-order chi connectivity index (χ0) is 29.6. The number of anilines is 1. The summed E-state index contributed by atoms with van der Waals surface area (Å²) in [6.07, 6.45) is 8.86. The van der Waals surface area contributed by atoms with Crippen LogP contribution in [0.4, 0.5) is 14.9 Å². The van der Waals surface area contributed by atoms with Crippen LogP contribution in [0, 0.1) is 19.7 Å². The average molecular weight is 586 g/mol. The number of ether oxygens (including phenoxy) is 1. The first-order valence-corrected chi connectivity index (χ1v) is 15.3. The Labute approximate surface area is 245 Å². The number of nitrogens with two attached hydrogens (primary N) is 1. The number of allylic oxidation sites excluding steroid dienone is 1. The number of carbonyl (C=O) groups is 2. The fraction of sp³-hybridized carbons (Fsp3) is 0.452. The Balaban J connectivity index is 1.76. The van der Waals surface area contributed by atoms with Gasteiger partial charge >= 0.3 is 5.30 Å². The summed E-state index contributed by atoms with van der Waals surface area (Å²) in [6, 6.07) is 4.41. The zero-order valence-electron chi connectivity index (χ0n) is 24.4. The number of hydrogen-bond acceptors (Lipinski definition) is 7. The number of thiophene rings is 1. The Morgan fingerprint density at radius 3 is 2.62 bits per heavy atom. The number of aryl methyl sites for hydroxylation is 1. The van der Waals surface area contributed by atoms with E-state index in [9.17, 15) is 14.0 Å². The van der Waals surface area contributed by atoms with Gasteiger partial charge in [-0.2, -0.15) is 0 Å². The second kappa shape index (κ2) is 13.6. The molecule has 3 N–H and O–H groups in total. The lowest BCUT2D eigenvalue weighted by molar-refractivity contribution is -0.110. The first kappa shape index (κ1) is 31.6. The molecular formula is C31H40FN3O3S2. The molecule has 0 fully saturated rings. The Bertz CT molecular complexity index is 1340. The lowest BCUT2D eigenvalue weighted by atomic mass is 10.0. The number of fused-ring (bicyclic) bond motifs is 1. The van der Waals surface area contributed by atoms with Crippen LogP contribution < -0.4 is 11.1 Å². The molecule has 1 aliphatic heterocycles. The van der Waals surface area contributed by atoms with Crippen molar-refractivity contribution in [2.24, 2.45) is 10.7 Å². The third kappa shape index (κ3) is 8.30. The molecule has 0 radical (unpaired) electrons. The summed E-state index contributed by atoms with van der Waals surface area (Å²) in [5, 5.41) is 2.68. The zero-order valence-corrected chi connectivity index (χ0v) is 26.0. The second-order valence-electron chi connectivity index (χ2n) is 11.0. The van der Waals surface area contributed by atoms with Crippen LogP contribution in [0.25, 0.3) is 17.2 Å². The highest BCUT2D eigenvalue weighted by Gasteiger charge is 2.26. The van der Waals surface area contributed by atoms with E-state index in [0.29, 0.717) is 16.8 Å². The second-order valence-corrected chi connectivity index (χ2v) is 13.7. The lowest BCUT2D eigenvalue weighted by Gasteiger charge is -2.21. The molecule has 2 atom stereocenters. The number of aliphatic imine (C=N–C) groups is 1. The minimum Gasteiger partial charge on any atom is -0.452 e. The third-order valence-corrected chi connectivity index (χ3v) is 8.58. The van der Waals surface area contributed by atoms with Gasteiger partial charge < -0.3 is 15.8 Å². The first-order chi connectivity index (χ1) is 18.8. The smallest absolute Gasteiger partial charge is 0.368 e. The van der Waals surface area contributed by atoms with Gasteiger partial charge in [0, 0.05) is 55.8 Å². The van der Waals surface area contributed by atoms with E-state index in [2.05, 4.69) is 12.2 Å². The number of thioether (sulfide) groups is 1. The van der Waals surface area contributed by atoms with Crippen LogP contribution in [0.5, 0.6) is 0 Å². The summed E-state index contributed by atoms with van der Waals surface area (Å²) in [4.78, 5) is 31.7. The first-order valence-electron chi connectivity index (χ1n) is 13.6. The molecule has 0 saturated heterocycles. The molecule has 40 heavy (non-hydrogen) atoms. The minimum atomic E-state index is -0.496. The van der Waals surface area contributed by atoms with Gasteiger partial charge in [-0.3, -0.25) is 9.79 Å². The highest BCUT2D eigenvalue weighted by molar-refractivity contribution is 8.13. The fourth-order valence-corrected chi connectivity index (χ4v) is 6.61. The highest BCUT2D eigenvalue weighted by atomic mass is 32.2. The maximum atomic E-state index is 13.9. The monoisotopic (exact) mass is 585 g/mol. The van der Waals surface area contributed by atoms with E-state index in [0.717, 1.165) is 52.1 Å². The summed E-state index contributed by atoms with van der Waals surface area (Å²) in [7, 11) is 0. The van der Waals surface area contributed by atoms with Gasteiger partial charge in [0.1, 0.15) is 11.4 Å². The number of carbonyl (C=O) groups excluding carboxylic acids is 2. The van der Waals surface area contributed by atoms with Crippen molar-refractivity contribution in [1.82, 2.24) is 0 Å². The van der Waals surface area contributed by atoms with Gasteiger partial charge in [-0.1, -0.05) is 20.3 Å². The van der Waals surface area contributed by atoms with E-state index in [1.807, 2.05) is 53.8 Å². The summed E-state index contributed by atoms with van der Waals surface area (Å²) < 4.78 is 19.3. The van der Waals surface area contributed by atoms with Gasteiger partial charge in [-0.15, -0.1) is 11.3 Å². The average Bonchev–Trinajstić information content (AvgIpc) is 3.31. The Kier molecular flexibility index (Phi) is 10.8. The standard InChI is InChI=1S/C31H40FN3O3S2/c1-8-9-23(12-10-18(2)39-30(37)38-31(5,6)7)34-17-21(16-33)28-19(3)27(40-20(28)4)15-25-24-14-22(32)11-13-26(24)35-29(25)36/h11,13-18,23H,8-10,12,33H2,1-7H3,(H,35,36)/b21-16+,25-15-,34-17?. The number of halogens is 1. The van der Waals surface area contributed by atoms with Gasteiger partial charge in [0.15, 0.2) is 0 Å². The third-order valence-electron chi connectivity index (χ3n) is 6.51. The summed E-state index contributed by atoms with van der Waals surface area (Å²) >= 11 is 2.80. The largest absolute Gasteiger partial charge is 0.452 e. The molecule has 9 heteroatoms. The van der Waals surface area contributed by atoms with Crippen LogP contribution in [0.15, 0.2) is 29.4 Å². The Hall–Kier alpha value is -2.91. The van der Waals surface area contributed by atoms with E-state index in [4.69, 9.17) is 15.5 Å². The Morgan fingerprint density at radius 2 is 1.98 bits per heavy atom. The number of nitrogens with zero attached hydrogens (tertiary/aromatic N) is 1. The van der Waals surface area contributed by atoms with Crippen LogP contribution in [0.3, 0.4) is 0 Å². The Morgan fingerprint density at radius 1 is 1.25 bits per heavy atom. The van der Waals surface area contributed by atoms with Gasteiger partial charge in [0.2, 0.25) is 0 Å². The molecule has 3 rings (SSSR count). The molecule has 0 saturated carbocycles. The lowest BCUT2D eigenvalue weighted by Crippen LogP contribution is -2.22. The van der Waals surface area contributed by atoms with E-state index in [-0.39, 0.29) is 28.3 Å². The van der Waals surface area contributed by atoms with Crippen molar-refractivity contribution in [3.8, 4) is 0 Å². The van der Waals surface area contributed by atoms with Crippen LogP contribution in [0.1, 0.15) is 86.7 Å². The van der Waals surface area contributed by atoms with Crippen molar-refractivity contribution in [3.63, 3.8) is 0 Å². The van der Waals surface area contributed by atoms with E-state index < -0.39 is 5.60 Å². The van der Waals surface area contributed by atoms with Crippen molar-refractivity contribution in [3.05, 3.63) is 56.7 Å². The minimum absolute atomic E-state index is 0.107. The summed E-state index contributed by atoms with van der Waals surface area (Å²) in [5.74, 6) is -0.629. The summed E-state index contributed by atoms with van der Waals surface area (Å²) in [6.45, 7) is 13.8. The number of amides is 1. The molecule has 0 aliphatic carbocycles. The van der Waals surface area contributed by atoms with Crippen molar-refractivity contribution in [2.75, 3.05) is 5.32 Å². The van der Waals surface area contributed by atoms with Crippen LogP contribution in [-0.2, 0) is 9.53 Å². The van der Waals surface area contributed by atoms with Gasteiger partial charge in [-0.25, -0.2) is 9.18 Å². The maximum absolute atomic E-state index is 13.9. The molecule has 1 aromatic heterocycles. The van der Waals surface area contributed by atoms with Crippen molar-refractivity contribution >= 4 is 63.4 Å². The maximum Gasteiger partial charge on any atom is 0.368 e. The number of rotatable bonds is 10. The predicted molar refractivity (Wildman–Crippen MR) is 169 cm³/mol. The van der Waals surface area contributed by atoms with Gasteiger partial charge in [-0.05, 0) is 95.5 Å². The van der Waals surface area contributed by atoms with Crippen LogP contribution in [0.2, 0.25) is 0 Å². The fourth-order valence-electron chi connectivity index (χ4n) is 4.60. The van der Waals surface area contributed by atoms with Crippen LogP contribution >= 0.6 is 23.1 Å². The summed E-state index contributed by atoms with van der Waals surface area (Å²) in [5.41, 5.74) is 10.00. The molecule has 1 aliphatic rings. The van der Waals surface area contributed by atoms with Gasteiger partial charge in [0.25, 0.3) is 5.91 Å². The van der Waals surface area contributed by atoms with Crippen molar-refractivity contribution in [2.45, 2.75) is 91.0 Å². The van der Waals surface area contributed by atoms with Crippen LogP contribution in [-0.4, -0.2) is 34.3 Å². The van der Waals surface area contributed by atoms with E-state index in [1.54, 1.807) is 23.6 Å². The van der Waals surface area contributed by atoms with E-state index in [1.165, 1.54) is 23.9 Å². The van der Waals surface area contributed by atoms with Gasteiger partial charge in [0.05, 0.1) is 5.57 Å². The normalized spacial score (nSPS) is 16.4. The van der Waals surface area contributed by atoms with Crippen molar-refractivity contribution < 1.29 is 18.7 Å². The molecule has 2 heterocycles. The SMILES string of the molecule is CCCC(CCC(C)SC(=O)OC(C)(C)C)N=C/C(=C\N)c1c(C)sc(/C=C2\C(=O)Nc3ccc(F)cc32)c1C. The molecule has 6 nitrogen and oxygen atoms in total. The topological polar surface area (TPSA) is 93.8 Å². The molecule has 2 aromatic rings. The highest BCUT2D eigenvalue weighted by Crippen LogP contribution is 2.38. The molecule has 1 aromatic carbocycles. The number of benzene rings is 1. The molecule has 0 spiro atoms. The van der Waals surface area contributed by atoms with Crippen molar-refractivity contribution in [1.29, 1.82) is 0 Å². The number of nitrogens with one attached hydrogen (secondary N) is 1. The van der Waals surface area contributed by atoms with E-state index >= 15 is 0 Å². The molecular weight excluding hydrogens is 545 g/mol. The quantitative estimate of drug-likeness (QED) is 0.166. The molecule has 0 bridgehead atoms. The molecule has 216 valence electrons.